The van der Waals surface area contributed by atoms with E-state index in [9.17, 15) is 9.18 Å². The van der Waals surface area contributed by atoms with Crippen LogP contribution in [0.15, 0.2) is 65.6 Å². The Labute approximate surface area is 161 Å². The number of para-hydroxylation sites is 1. The number of rotatable bonds is 6. The largest absolute Gasteiger partial charge is 0.361 e. The quantitative estimate of drug-likeness (QED) is 0.480. The normalized spacial score (nSPS) is 12.4. The van der Waals surface area contributed by atoms with E-state index in [2.05, 4.69) is 26.3 Å². The van der Waals surface area contributed by atoms with Crippen LogP contribution >= 0.6 is 0 Å². The summed E-state index contributed by atoms with van der Waals surface area (Å²) in [4.78, 5) is 22.5. The van der Waals surface area contributed by atoms with Gasteiger partial charge in [0.15, 0.2) is 0 Å². The maximum Gasteiger partial charge on any atom is 0.251 e. The molecule has 0 aliphatic rings. The molecular formula is C22H21FN4O. The van der Waals surface area contributed by atoms with E-state index in [0.717, 1.165) is 22.0 Å². The number of nitrogens with one attached hydrogen (secondary N) is 3. The van der Waals surface area contributed by atoms with Crippen molar-refractivity contribution in [2.45, 2.75) is 25.9 Å². The highest BCUT2D eigenvalue weighted by atomic mass is 19.1. The Morgan fingerprint density at radius 1 is 1.14 bits per heavy atom. The molecule has 28 heavy (non-hydrogen) atoms. The Morgan fingerprint density at radius 3 is 2.71 bits per heavy atom. The van der Waals surface area contributed by atoms with Crippen molar-refractivity contribution in [3.8, 4) is 0 Å². The Kier molecular flexibility index (Phi) is 5.04. The summed E-state index contributed by atoms with van der Waals surface area (Å²) in [6.45, 7) is 2.31. The molecule has 0 amide bonds. The fourth-order valence-electron chi connectivity index (χ4n) is 3.43. The van der Waals surface area contributed by atoms with Crippen molar-refractivity contribution in [2.24, 2.45) is 0 Å². The molecule has 0 unspecified atom stereocenters. The molecule has 2 aromatic heterocycles. The van der Waals surface area contributed by atoms with E-state index in [1.54, 1.807) is 19.1 Å². The summed E-state index contributed by atoms with van der Waals surface area (Å²) in [6, 6.07) is 15.9. The van der Waals surface area contributed by atoms with Crippen LogP contribution in [-0.2, 0) is 13.0 Å². The number of aromatic amines is 2. The van der Waals surface area contributed by atoms with Gasteiger partial charge in [0.25, 0.3) is 5.56 Å². The third kappa shape index (κ3) is 4.02. The van der Waals surface area contributed by atoms with E-state index in [0.29, 0.717) is 24.5 Å². The molecule has 6 heteroatoms. The van der Waals surface area contributed by atoms with Crippen molar-refractivity contribution < 1.29 is 4.39 Å². The molecule has 0 fully saturated rings. The van der Waals surface area contributed by atoms with Gasteiger partial charge in [0.2, 0.25) is 0 Å². The van der Waals surface area contributed by atoms with Crippen LogP contribution in [0.4, 0.5) is 4.39 Å². The minimum Gasteiger partial charge on any atom is -0.361 e. The summed E-state index contributed by atoms with van der Waals surface area (Å²) >= 11 is 0. The first-order valence-electron chi connectivity index (χ1n) is 9.19. The lowest BCUT2D eigenvalue weighted by atomic mass is 10.0. The highest BCUT2D eigenvalue weighted by molar-refractivity contribution is 5.83. The van der Waals surface area contributed by atoms with Crippen LogP contribution in [0.5, 0.6) is 0 Å². The topological polar surface area (TPSA) is 73.6 Å². The van der Waals surface area contributed by atoms with Gasteiger partial charge in [-0.15, -0.1) is 0 Å². The first kappa shape index (κ1) is 18.1. The number of fused-ring (bicyclic) bond motifs is 1. The number of H-pyrrole nitrogens is 2. The highest BCUT2D eigenvalue weighted by Crippen LogP contribution is 2.24. The van der Waals surface area contributed by atoms with Crippen LogP contribution in [0.25, 0.3) is 10.9 Å². The van der Waals surface area contributed by atoms with Gasteiger partial charge in [-0.25, -0.2) is 9.37 Å². The summed E-state index contributed by atoms with van der Waals surface area (Å²) in [7, 11) is 0. The zero-order valence-electron chi connectivity index (χ0n) is 15.5. The molecule has 4 rings (SSSR count). The molecule has 0 spiro atoms. The van der Waals surface area contributed by atoms with E-state index in [1.165, 1.54) is 18.2 Å². The van der Waals surface area contributed by atoms with Crippen LogP contribution in [0.1, 0.15) is 28.7 Å². The lowest BCUT2D eigenvalue weighted by Gasteiger charge is -2.18. The molecule has 3 N–H and O–H groups in total. The third-order valence-corrected chi connectivity index (χ3v) is 4.80. The van der Waals surface area contributed by atoms with E-state index in [-0.39, 0.29) is 17.4 Å². The smallest absolute Gasteiger partial charge is 0.251 e. The van der Waals surface area contributed by atoms with E-state index in [1.807, 2.05) is 24.4 Å². The summed E-state index contributed by atoms with van der Waals surface area (Å²) in [5.41, 5.74) is 3.70. The molecule has 0 aliphatic carbocycles. The molecular weight excluding hydrogens is 355 g/mol. The van der Waals surface area contributed by atoms with Gasteiger partial charge in [-0.2, -0.15) is 0 Å². The van der Waals surface area contributed by atoms with Gasteiger partial charge >= 0.3 is 0 Å². The number of aromatic nitrogens is 3. The number of hydrogen-bond acceptors (Lipinski definition) is 3. The van der Waals surface area contributed by atoms with Crippen LogP contribution in [0, 0.1) is 12.7 Å². The van der Waals surface area contributed by atoms with Gasteiger partial charge in [-0.1, -0.05) is 30.3 Å². The molecule has 0 aliphatic heterocycles. The summed E-state index contributed by atoms with van der Waals surface area (Å²) in [5.74, 6) is 0.320. The Balaban J connectivity index is 1.64. The minimum absolute atomic E-state index is 0.162. The van der Waals surface area contributed by atoms with Crippen molar-refractivity contribution in [2.75, 3.05) is 0 Å². The average Bonchev–Trinajstić information content (AvgIpc) is 3.08. The highest BCUT2D eigenvalue weighted by Gasteiger charge is 2.17. The number of aryl methyl sites for hydroxylation is 1. The van der Waals surface area contributed by atoms with Gasteiger partial charge in [-0.05, 0) is 42.7 Å². The molecule has 0 bridgehead atoms. The zero-order valence-corrected chi connectivity index (χ0v) is 15.5. The second-order valence-electron chi connectivity index (χ2n) is 6.88. The van der Waals surface area contributed by atoms with Crippen molar-refractivity contribution in [1.29, 1.82) is 0 Å². The standard InChI is InChI=1S/C22H21FN4O/c1-14-26-21(11-22(28)27-14)20(24-12-15-6-8-17(23)9-7-15)10-16-13-25-19-5-3-2-4-18(16)19/h2-9,11,13,20,24-25H,10,12H2,1H3,(H,26,27,28)/t20-/m0/s1. The number of hydrogen-bond donors (Lipinski definition) is 3. The van der Waals surface area contributed by atoms with Gasteiger partial charge in [0.1, 0.15) is 11.6 Å². The fraction of sp³-hybridized carbons (Fsp3) is 0.182. The lowest BCUT2D eigenvalue weighted by molar-refractivity contribution is 0.516. The molecule has 0 saturated heterocycles. The van der Waals surface area contributed by atoms with Crippen molar-refractivity contribution in [3.05, 3.63) is 99.6 Å². The average molecular weight is 376 g/mol. The predicted molar refractivity (Wildman–Crippen MR) is 108 cm³/mol. The first-order chi connectivity index (χ1) is 13.6. The van der Waals surface area contributed by atoms with E-state index in [4.69, 9.17) is 0 Å². The zero-order chi connectivity index (χ0) is 19.5. The van der Waals surface area contributed by atoms with Crippen LogP contribution < -0.4 is 10.9 Å². The molecule has 2 heterocycles. The number of halogens is 1. The molecule has 2 aromatic carbocycles. The molecule has 142 valence electrons. The monoisotopic (exact) mass is 376 g/mol. The third-order valence-electron chi connectivity index (χ3n) is 4.80. The Bertz CT molecular complexity index is 1150. The van der Waals surface area contributed by atoms with E-state index < -0.39 is 0 Å². The van der Waals surface area contributed by atoms with Gasteiger partial charge < -0.3 is 15.3 Å². The molecule has 5 nitrogen and oxygen atoms in total. The second-order valence-corrected chi connectivity index (χ2v) is 6.88. The minimum atomic E-state index is -0.258. The molecule has 4 aromatic rings. The van der Waals surface area contributed by atoms with Crippen LogP contribution in [-0.4, -0.2) is 15.0 Å². The van der Waals surface area contributed by atoms with Crippen LogP contribution in [0.3, 0.4) is 0 Å². The number of nitrogens with zero attached hydrogens (tertiary/aromatic N) is 1. The molecule has 0 saturated carbocycles. The van der Waals surface area contributed by atoms with Crippen molar-refractivity contribution in [3.63, 3.8) is 0 Å². The SMILES string of the molecule is Cc1nc([C@H](Cc2c[nH]c3ccccc23)NCc2ccc(F)cc2)cc(=O)[nH]1. The molecule has 1 atom stereocenters. The number of benzene rings is 2. The summed E-state index contributed by atoms with van der Waals surface area (Å²) < 4.78 is 13.2. The van der Waals surface area contributed by atoms with Gasteiger partial charge in [0, 0.05) is 29.7 Å². The lowest BCUT2D eigenvalue weighted by Crippen LogP contribution is -2.26. The Morgan fingerprint density at radius 2 is 1.93 bits per heavy atom. The predicted octanol–water partition coefficient (Wildman–Crippen LogP) is 3.77. The van der Waals surface area contributed by atoms with Gasteiger partial charge in [-0.3, -0.25) is 4.79 Å². The first-order valence-corrected chi connectivity index (χ1v) is 9.19. The van der Waals surface area contributed by atoms with E-state index >= 15 is 0 Å². The Hall–Kier alpha value is -3.25. The van der Waals surface area contributed by atoms with Crippen molar-refractivity contribution in [1.82, 2.24) is 20.3 Å². The summed E-state index contributed by atoms with van der Waals surface area (Å²) in [5, 5.41) is 4.63. The van der Waals surface area contributed by atoms with Crippen molar-refractivity contribution >= 4 is 10.9 Å². The fourth-order valence-corrected chi connectivity index (χ4v) is 3.43. The second kappa shape index (κ2) is 7.78. The maximum absolute atomic E-state index is 13.2. The maximum atomic E-state index is 13.2. The summed E-state index contributed by atoms with van der Waals surface area (Å²) in [6.07, 6.45) is 2.67. The molecule has 0 radical (unpaired) electrons. The van der Waals surface area contributed by atoms with Gasteiger partial charge in [0.05, 0.1) is 11.7 Å². The van der Waals surface area contributed by atoms with Crippen LogP contribution in [0.2, 0.25) is 0 Å².